The maximum atomic E-state index is 9.84. The van der Waals surface area contributed by atoms with E-state index in [9.17, 15) is 5.11 Å². The van der Waals surface area contributed by atoms with Gasteiger partial charge < -0.3 is 10.2 Å². The fraction of sp³-hybridized carbons (Fsp3) is 0.600. The molecule has 0 aliphatic rings. The summed E-state index contributed by atoms with van der Waals surface area (Å²) in [5.74, 6) is -0.299. The Morgan fingerprint density at radius 1 is 1.58 bits per heavy atom. The van der Waals surface area contributed by atoms with Gasteiger partial charge in [0, 0.05) is 5.92 Å². The lowest BCUT2D eigenvalue weighted by Gasteiger charge is -2.26. The van der Waals surface area contributed by atoms with Crippen LogP contribution in [0, 0.1) is 5.92 Å². The summed E-state index contributed by atoms with van der Waals surface area (Å²) in [6, 6.07) is 0. The average molecular weight is 170 g/mol. The van der Waals surface area contributed by atoms with Crippen molar-refractivity contribution in [3.63, 3.8) is 0 Å². The quantitative estimate of drug-likeness (QED) is 0.628. The van der Waals surface area contributed by atoms with E-state index < -0.39 is 5.60 Å². The summed E-state index contributed by atoms with van der Waals surface area (Å²) in [5, 5.41) is 18.8. The van der Waals surface area contributed by atoms with E-state index in [1.54, 1.807) is 19.1 Å². The first-order valence-corrected chi connectivity index (χ1v) is 4.06. The molecule has 70 valence electrons. The topological polar surface area (TPSA) is 40.5 Å². The molecule has 12 heavy (non-hydrogen) atoms. The van der Waals surface area contributed by atoms with Crippen molar-refractivity contribution in [1.29, 1.82) is 0 Å². The highest BCUT2D eigenvalue weighted by Gasteiger charge is 2.26. The number of rotatable bonds is 4. The molecule has 2 nitrogen and oxygen atoms in total. The van der Waals surface area contributed by atoms with Gasteiger partial charge in [0.1, 0.15) is 0 Å². The van der Waals surface area contributed by atoms with Crippen LogP contribution in [0.3, 0.4) is 0 Å². The molecule has 0 unspecified atom stereocenters. The van der Waals surface area contributed by atoms with Crippen LogP contribution in [-0.2, 0) is 0 Å². The summed E-state index contributed by atoms with van der Waals surface area (Å²) in [6.45, 7) is 8.96. The molecule has 0 fully saturated rings. The number of aliphatic hydroxyl groups is 2. The van der Waals surface area contributed by atoms with E-state index in [1.807, 2.05) is 13.8 Å². The van der Waals surface area contributed by atoms with Gasteiger partial charge in [0.05, 0.1) is 12.2 Å². The first-order chi connectivity index (χ1) is 5.44. The molecule has 0 radical (unpaired) electrons. The number of aliphatic hydroxyl groups excluding tert-OH is 1. The van der Waals surface area contributed by atoms with E-state index in [4.69, 9.17) is 5.11 Å². The van der Waals surface area contributed by atoms with Gasteiger partial charge in [0.25, 0.3) is 0 Å². The number of hydrogen-bond acceptors (Lipinski definition) is 2. The molecule has 2 N–H and O–H groups in total. The van der Waals surface area contributed by atoms with Crippen molar-refractivity contribution in [2.75, 3.05) is 6.61 Å². The van der Waals surface area contributed by atoms with Crippen LogP contribution >= 0.6 is 0 Å². The molecule has 0 saturated carbocycles. The van der Waals surface area contributed by atoms with Crippen molar-refractivity contribution in [2.24, 2.45) is 5.92 Å². The van der Waals surface area contributed by atoms with Gasteiger partial charge in [-0.2, -0.15) is 0 Å². The number of hydrogen-bond donors (Lipinski definition) is 2. The van der Waals surface area contributed by atoms with Gasteiger partial charge in [-0.15, -0.1) is 6.58 Å². The van der Waals surface area contributed by atoms with Gasteiger partial charge in [0.15, 0.2) is 0 Å². The maximum absolute atomic E-state index is 9.84. The normalized spacial score (nSPS) is 17.8. The minimum atomic E-state index is -0.991. The van der Waals surface area contributed by atoms with Crippen LogP contribution in [0.1, 0.15) is 20.8 Å². The summed E-state index contributed by atoms with van der Waals surface area (Å²) in [5.41, 5.74) is 0.0373. The zero-order valence-corrected chi connectivity index (χ0v) is 8.04. The Labute approximate surface area is 74.2 Å². The molecule has 0 amide bonds. The Morgan fingerprint density at radius 3 is 2.33 bits per heavy atom. The zero-order valence-electron chi connectivity index (χ0n) is 8.04. The monoisotopic (exact) mass is 170 g/mol. The van der Waals surface area contributed by atoms with Crippen LogP contribution < -0.4 is 0 Å². The zero-order chi connectivity index (χ0) is 9.78. The minimum Gasteiger partial charge on any atom is -0.396 e. The Hall–Kier alpha value is -0.600. The molecule has 0 heterocycles. The second-order valence-corrected chi connectivity index (χ2v) is 3.47. The largest absolute Gasteiger partial charge is 0.396 e. The minimum absolute atomic E-state index is 0.0831. The van der Waals surface area contributed by atoms with Crippen molar-refractivity contribution in [1.82, 2.24) is 0 Å². The fourth-order valence-electron chi connectivity index (χ4n) is 1.19. The molecule has 2 heteroatoms. The van der Waals surface area contributed by atoms with E-state index in [0.29, 0.717) is 0 Å². The van der Waals surface area contributed by atoms with Gasteiger partial charge in [-0.25, -0.2) is 0 Å². The molecule has 0 spiro atoms. The Morgan fingerprint density at radius 2 is 2.08 bits per heavy atom. The molecular weight excluding hydrogens is 152 g/mol. The molecule has 0 aliphatic heterocycles. The van der Waals surface area contributed by atoms with Crippen LogP contribution in [0.2, 0.25) is 0 Å². The van der Waals surface area contributed by atoms with Crippen LogP contribution in [0.5, 0.6) is 0 Å². The smallest absolute Gasteiger partial charge is 0.0886 e. The van der Waals surface area contributed by atoms with Crippen molar-refractivity contribution in [3.05, 3.63) is 24.3 Å². The van der Waals surface area contributed by atoms with Gasteiger partial charge in [-0.3, -0.25) is 0 Å². The van der Waals surface area contributed by atoms with E-state index in [2.05, 4.69) is 6.58 Å². The number of allylic oxidation sites excluding steroid dienone is 1. The van der Waals surface area contributed by atoms with Crippen molar-refractivity contribution < 1.29 is 10.2 Å². The molecular formula is C10H18O2. The second kappa shape index (κ2) is 4.43. The lowest BCUT2D eigenvalue weighted by molar-refractivity contribution is 0.0387. The van der Waals surface area contributed by atoms with E-state index in [1.165, 1.54) is 0 Å². The molecule has 0 saturated heterocycles. The van der Waals surface area contributed by atoms with Crippen LogP contribution in [-0.4, -0.2) is 22.4 Å². The Bertz CT molecular complexity index is 176. The molecule has 0 aromatic rings. The standard InChI is InChI=1S/C10H18O2/c1-5-9(7-11)10(4,12)6-8(2)3/h5-6,9,11-12H,1,7H2,2-4H3/t9-,10+/m1/s1. The summed E-state index contributed by atoms with van der Waals surface area (Å²) in [7, 11) is 0. The summed E-state index contributed by atoms with van der Waals surface area (Å²) in [4.78, 5) is 0. The first kappa shape index (κ1) is 11.4. The van der Waals surface area contributed by atoms with E-state index >= 15 is 0 Å². The Balaban J connectivity index is 4.57. The lowest BCUT2D eigenvalue weighted by atomic mass is 9.88. The van der Waals surface area contributed by atoms with Gasteiger partial charge in [0.2, 0.25) is 0 Å². The third-order valence-electron chi connectivity index (χ3n) is 1.81. The van der Waals surface area contributed by atoms with Gasteiger partial charge in [-0.1, -0.05) is 17.7 Å². The highest BCUT2D eigenvalue weighted by molar-refractivity contribution is 5.10. The van der Waals surface area contributed by atoms with E-state index in [-0.39, 0.29) is 12.5 Å². The predicted octanol–water partition coefficient (Wildman–Crippen LogP) is 1.50. The van der Waals surface area contributed by atoms with Gasteiger partial charge >= 0.3 is 0 Å². The van der Waals surface area contributed by atoms with Crippen LogP contribution in [0.15, 0.2) is 24.3 Å². The Kier molecular flexibility index (Phi) is 4.21. The van der Waals surface area contributed by atoms with E-state index in [0.717, 1.165) is 5.57 Å². The first-order valence-electron chi connectivity index (χ1n) is 4.06. The lowest BCUT2D eigenvalue weighted by Crippen LogP contribution is -2.33. The SMILES string of the molecule is C=C[C@H](CO)[C@@](C)(O)C=C(C)C. The van der Waals surface area contributed by atoms with Gasteiger partial charge in [-0.05, 0) is 20.8 Å². The maximum Gasteiger partial charge on any atom is 0.0886 e. The summed E-state index contributed by atoms with van der Waals surface area (Å²) >= 11 is 0. The third kappa shape index (κ3) is 3.20. The third-order valence-corrected chi connectivity index (χ3v) is 1.81. The van der Waals surface area contributed by atoms with Crippen molar-refractivity contribution in [3.8, 4) is 0 Å². The fourth-order valence-corrected chi connectivity index (χ4v) is 1.19. The molecule has 2 atom stereocenters. The second-order valence-electron chi connectivity index (χ2n) is 3.47. The van der Waals surface area contributed by atoms with Crippen LogP contribution in [0.25, 0.3) is 0 Å². The summed E-state index contributed by atoms with van der Waals surface area (Å²) in [6.07, 6.45) is 3.30. The average Bonchev–Trinajstić information content (AvgIpc) is 1.85. The molecule has 0 aromatic carbocycles. The molecule has 0 bridgehead atoms. The van der Waals surface area contributed by atoms with Crippen molar-refractivity contribution >= 4 is 0 Å². The molecule has 0 aliphatic carbocycles. The van der Waals surface area contributed by atoms with Crippen LogP contribution in [0.4, 0.5) is 0 Å². The van der Waals surface area contributed by atoms with Crippen molar-refractivity contribution in [2.45, 2.75) is 26.4 Å². The highest BCUT2D eigenvalue weighted by Crippen LogP contribution is 2.20. The predicted molar refractivity (Wildman–Crippen MR) is 50.8 cm³/mol. The molecule has 0 aromatic heterocycles. The summed E-state index contributed by atoms with van der Waals surface area (Å²) < 4.78 is 0. The molecule has 0 rings (SSSR count). The highest BCUT2D eigenvalue weighted by atomic mass is 16.3.